The standard InChI is InChI=1S/C16H17N3O/c1-10(20)7-8-15-18-11(2)16(19-15)13-9-17-14-6-4-3-5-12(13)14/h3-6,9,17H,7-8H2,1-2H3,(H,18,19). The van der Waals surface area contributed by atoms with Crippen molar-refractivity contribution in [3.05, 3.63) is 42.0 Å². The summed E-state index contributed by atoms with van der Waals surface area (Å²) >= 11 is 0. The molecule has 2 N–H and O–H groups in total. The van der Waals surface area contributed by atoms with Crippen LogP contribution in [0.1, 0.15) is 24.9 Å². The molecule has 0 aliphatic carbocycles. The van der Waals surface area contributed by atoms with Crippen LogP contribution in [-0.2, 0) is 11.2 Å². The number of rotatable bonds is 4. The van der Waals surface area contributed by atoms with Gasteiger partial charge in [-0.2, -0.15) is 0 Å². The number of imidazole rings is 1. The third-order valence-corrected chi connectivity index (χ3v) is 3.49. The summed E-state index contributed by atoms with van der Waals surface area (Å²) in [5, 5.41) is 1.17. The molecule has 0 unspecified atom stereocenters. The second-order valence-corrected chi connectivity index (χ2v) is 5.11. The molecule has 20 heavy (non-hydrogen) atoms. The summed E-state index contributed by atoms with van der Waals surface area (Å²) in [6.07, 6.45) is 3.18. The van der Waals surface area contributed by atoms with Gasteiger partial charge in [-0.3, -0.25) is 0 Å². The third kappa shape index (κ3) is 2.25. The summed E-state index contributed by atoms with van der Waals surface area (Å²) < 4.78 is 0. The molecule has 0 aliphatic heterocycles. The number of fused-ring (bicyclic) bond motifs is 1. The minimum absolute atomic E-state index is 0.188. The Morgan fingerprint density at radius 2 is 2.10 bits per heavy atom. The molecule has 0 spiro atoms. The molecule has 0 saturated carbocycles. The number of Topliss-reactive ketones (excluding diaryl/α,β-unsaturated/α-hetero) is 1. The zero-order chi connectivity index (χ0) is 14.1. The largest absolute Gasteiger partial charge is 0.360 e. The summed E-state index contributed by atoms with van der Waals surface area (Å²) in [6, 6.07) is 8.18. The van der Waals surface area contributed by atoms with E-state index in [4.69, 9.17) is 0 Å². The molecule has 3 aromatic rings. The molecule has 2 heterocycles. The minimum atomic E-state index is 0.188. The maximum atomic E-state index is 11.1. The lowest BCUT2D eigenvalue weighted by atomic mass is 10.1. The van der Waals surface area contributed by atoms with Crippen LogP contribution < -0.4 is 0 Å². The lowest BCUT2D eigenvalue weighted by Gasteiger charge is -1.96. The van der Waals surface area contributed by atoms with Gasteiger partial charge in [-0.25, -0.2) is 4.98 Å². The first-order valence-corrected chi connectivity index (χ1v) is 6.76. The van der Waals surface area contributed by atoms with Crippen LogP contribution >= 0.6 is 0 Å². The van der Waals surface area contributed by atoms with Crippen LogP contribution in [0.4, 0.5) is 0 Å². The SMILES string of the molecule is CC(=O)CCc1nc(-c2c[nH]c3ccccc23)c(C)[nH]1. The molecule has 4 nitrogen and oxygen atoms in total. The van der Waals surface area contributed by atoms with E-state index in [0.717, 1.165) is 28.3 Å². The number of hydrogen-bond donors (Lipinski definition) is 2. The number of nitrogens with one attached hydrogen (secondary N) is 2. The van der Waals surface area contributed by atoms with Crippen molar-refractivity contribution < 1.29 is 4.79 Å². The van der Waals surface area contributed by atoms with Crippen molar-refractivity contribution in [2.24, 2.45) is 0 Å². The number of hydrogen-bond acceptors (Lipinski definition) is 2. The number of nitrogens with zero attached hydrogens (tertiary/aromatic N) is 1. The van der Waals surface area contributed by atoms with Crippen LogP contribution in [0.2, 0.25) is 0 Å². The maximum Gasteiger partial charge on any atom is 0.130 e. The van der Waals surface area contributed by atoms with Gasteiger partial charge in [0.1, 0.15) is 11.6 Å². The second kappa shape index (κ2) is 4.96. The van der Waals surface area contributed by atoms with Gasteiger partial charge in [0.05, 0.1) is 5.69 Å². The van der Waals surface area contributed by atoms with Crippen LogP contribution in [0.5, 0.6) is 0 Å². The first-order chi connectivity index (χ1) is 9.65. The van der Waals surface area contributed by atoms with E-state index in [-0.39, 0.29) is 5.78 Å². The summed E-state index contributed by atoms with van der Waals surface area (Å²) in [5.41, 5.74) is 4.20. The topological polar surface area (TPSA) is 61.5 Å². The molecule has 4 heteroatoms. The van der Waals surface area contributed by atoms with E-state index >= 15 is 0 Å². The van der Waals surface area contributed by atoms with Gasteiger partial charge in [0.15, 0.2) is 0 Å². The van der Waals surface area contributed by atoms with Crippen LogP contribution in [0, 0.1) is 6.92 Å². The molecule has 0 fully saturated rings. The Morgan fingerprint density at radius 3 is 2.90 bits per heavy atom. The lowest BCUT2D eigenvalue weighted by Crippen LogP contribution is -1.95. The Hall–Kier alpha value is -2.36. The summed E-state index contributed by atoms with van der Waals surface area (Å²) in [7, 11) is 0. The molecule has 1 aromatic carbocycles. The van der Waals surface area contributed by atoms with Crippen molar-refractivity contribution >= 4 is 16.7 Å². The Labute approximate surface area is 117 Å². The van der Waals surface area contributed by atoms with Crippen molar-refractivity contribution in [1.29, 1.82) is 0 Å². The lowest BCUT2D eigenvalue weighted by molar-refractivity contribution is -0.117. The summed E-state index contributed by atoms with van der Waals surface area (Å²) in [6.45, 7) is 3.62. The molecule has 2 aromatic heterocycles. The molecule has 0 aliphatic rings. The van der Waals surface area contributed by atoms with Crippen molar-refractivity contribution in [3.8, 4) is 11.3 Å². The average Bonchev–Trinajstić information content (AvgIpc) is 2.99. The first kappa shape index (κ1) is 12.7. The highest BCUT2D eigenvalue weighted by atomic mass is 16.1. The van der Waals surface area contributed by atoms with Gasteiger partial charge in [-0.15, -0.1) is 0 Å². The van der Waals surface area contributed by atoms with Crippen LogP contribution in [0.3, 0.4) is 0 Å². The van der Waals surface area contributed by atoms with Crippen molar-refractivity contribution in [2.45, 2.75) is 26.7 Å². The van der Waals surface area contributed by atoms with E-state index in [1.165, 1.54) is 5.39 Å². The van der Waals surface area contributed by atoms with E-state index in [1.54, 1.807) is 6.92 Å². The van der Waals surface area contributed by atoms with E-state index < -0.39 is 0 Å². The number of aromatic nitrogens is 3. The number of carbonyl (C=O) groups excluding carboxylic acids is 1. The quantitative estimate of drug-likeness (QED) is 0.761. The predicted molar refractivity (Wildman–Crippen MR) is 79.6 cm³/mol. The fourth-order valence-electron chi connectivity index (χ4n) is 2.46. The molecule has 0 bridgehead atoms. The molecular weight excluding hydrogens is 250 g/mol. The van der Waals surface area contributed by atoms with Gasteiger partial charge in [-0.1, -0.05) is 18.2 Å². The smallest absolute Gasteiger partial charge is 0.130 e. The Kier molecular flexibility index (Phi) is 3.14. The number of para-hydroxylation sites is 1. The highest BCUT2D eigenvalue weighted by Gasteiger charge is 2.13. The summed E-state index contributed by atoms with van der Waals surface area (Å²) in [4.78, 5) is 22.3. The molecular formula is C16H17N3O. The van der Waals surface area contributed by atoms with E-state index in [1.807, 2.05) is 25.3 Å². The number of aromatic amines is 2. The molecule has 102 valence electrons. The maximum absolute atomic E-state index is 11.1. The Morgan fingerprint density at radius 1 is 1.30 bits per heavy atom. The zero-order valence-electron chi connectivity index (χ0n) is 11.7. The van der Waals surface area contributed by atoms with Gasteiger partial charge in [0, 0.05) is 41.2 Å². The van der Waals surface area contributed by atoms with Gasteiger partial charge in [0.25, 0.3) is 0 Å². The summed E-state index contributed by atoms with van der Waals surface area (Å²) in [5.74, 6) is 1.06. The fourth-order valence-corrected chi connectivity index (χ4v) is 2.46. The van der Waals surface area contributed by atoms with E-state index in [0.29, 0.717) is 12.8 Å². The van der Waals surface area contributed by atoms with E-state index in [9.17, 15) is 4.79 Å². The van der Waals surface area contributed by atoms with Crippen LogP contribution in [0.15, 0.2) is 30.5 Å². The van der Waals surface area contributed by atoms with Gasteiger partial charge >= 0.3 is 0 Å². The van der Waals surface area contributed by atoms with Gasteiger partial charge in [-0.05, 0) is 19.9 Å². The van der Waals surface area contributed by atoms with Crippen LogP contribution in [0.25, 0.3) is 22.2 Å². The number of benzene rings is 1. The Bertz CT molecular complexity index is 767. The second-order valence-electron chi connectivity index (χ2n) is 5.11. The number of carbonyl (C=O) groups is 1. The zero-order valence-corrected chi connectivity index (χ0v) is 11.7. The average molecular weight is 267 g/mol. The Balaban J connectivity index is 1.99. The first-order valence-electron chi connectivity index (χ1n) is 6.76. The highest BCUT2D eigenvalue weighted by molar-refractivity contribution is 5.95. The minimum Gasteiger partial charge on any atom is -0.360 e. The van der Waals surface area contributed by atoms with Gasteiger partial charge < -0.3 is 14.8 Å². The molecule has 0 radical (unpaired) electrons. The van der Waals surface area contributed by atoms with Crippen molar-refractivity contribution in [1.82, 2.24) is 15.0 Å². The van der Waals surface area contributed by atoms with Crippen molar-refractivity contribution in [3.63, 3.8) is 0 Å². The number of aryl methyl sites for hydroxylation is 2. The predicted octanol–water partition coefficient (Wildman–Crippen LogP) is 3.39. The highest BCUT2D eigenvalue weighted by Crippen LogP contribution is 2.29. The monoisotopic (exact) mass is 267 g/mol. The number of ketones is 1. The molecule has 0 atom stereocenters. The van der Waals surface area contributed by atoms with Crippen molar-refractivity contribution in [2.75, 3.05) is 0 Å². The van der Waals surface area contributed by atoms with Gasteiger partial charge in [0.2, 0.25) is 0 Å². The molecule has 0 saturated heterocycles. The fraction of sp³-hybridized carbons (Fsp3) is 0.250. The molecule has 0 amide bonds. The molecule has 3 rings (SSSR count). The number of H-pyrrole nitrogens is 2. The van der Waals surface area contributed by atoms with E-state index in [2.05, 4.69) is 27.1 Å². The van der Waals surface area contributed by atoms with Crippen LogP contribution in [-0.4, -0.2) is 20.7 Å². The normalized spacial score (nSPS) is 11.1. The third-order valence-electron chi connectivity index (χ3n) is 3.49.